The third-order valence-corrected chi connectivity index (χ3v) is 4.28. The summed E-state index contributed by atoms with van der Waals surface area (Å²) < 4.78 is 12.9. The highest BCUT2D eigenvalue weighted by Crippen LogP contribution is 2.15. The van der Waals surface area contributed by atoms with Crippen LogP contribution in [0.2, 0.25) is 0 Å². The lowest BCUT2D eigenvalue weighted by molar-refractivity contribution is -0.114. The van der Waals surface area contributed by atoms with Crippen molar-refractivity contribution in [3.63, 3.8) is 0 Å². The summed E-state index contributed by atoms with van der Waals surface area (Å²) in [5, 5.41) is 8.56. The van der Waals surface area contributed by atoms with E-state index in [2.05, 4.69) is 16.0 Å². The van der Waals surface area contributed by atoms with Gasteiger partial charge in [0, 0.05) is 17.9 Å². The van der Waals surface area contributed by atoms with Crippen LogP contribution in [0.5, 0.6) is 0 Å². The van der Waals surface area contributed by atoms with Gasteiger partial charge in [0.2, 0.25) is 5.91 Å². The number of halogens is 1. The molecule has 0 heterocycles. The summed E-state index contributed by atoms with van der Waals surface area (Å²) >= 11 is 0. The molecule has 0 aliphatic rings. The van der Waals surface area contributed by atoms with Gasteiger partial charge in [0.1, 0.15) is 5.82 Å². The third-order valence-electron chi connectivity index (χ3n) is 4.28. The van der Waals surface area contributed by atoms with Gasteiger partial charge in [-0.3, -0.25) is 9.59 Å². The van der Waals surface area contributed by atoms with Gasteiger partial charge < -0.3 is 16.0 Å². The van der Waals surface area contributed by atoms with Crippen molar-refractivity contribution in [3.8, 4) is 0 Å². The molecule has 2 amide bonds. The standard InChI is InChI=1S/C23H22FN3O2/c24-18-10-12-19(13-11-18)27-22(28)16-26-21-9-5-4-8-20(21)23(29)25-15-14-17-6-2-1-3-7-17/h1-13,26H,14-16H2,(H,25,29)(H,27,28). The first kappa shape index (κ1) is 20.1. The summed E-state index contributed by atoms with van der Waals surface area (Å²) in [6.45, 7) is 0.494. The summed E-state index contributed by atoms with van der Waals surface area (Å²) in [4.78, 5) is 24.6. The molecule has 0 aromatic heterocycles. The van der Waals surface area contributed by atoms with Gasteiger partial charge in [0.15, 0.2) is 0 Å². The predicted molar refractivity (Wildman–Crippen MR) is 112 cm³/mol. The Balaban J connectivity index is 1.53. The molecular formula is C23H22FN3O2. The van der Waals surface area contributed by atoms with Crippen molar-refractivity contribution in [1.29, 1.82) is 0 Å². The maximum atomic E-state index is 12.9. The van der Waals surface area contributed by atoms with Gasteiger partial charge in [-0.15, -0.1) is 0 Å². The van der Waals surface area contributed by atoms with Crippen molar-refractivity contribution in [2.45, 2.75) is 6.42 Å². The zero-order valence-electron chi connectivity index (χ0n) is 15.8. The smallest absolute Gasteiger partial charge is 0.253 e. The Morgan fingerprint density at radius 3 is 2.28 bits per heavy atom. The van der Waals surface area contributed by atoms with Crippen LogP contribution in [0, 0.1) is 5.82 Å². The molecule has 3 aromatic carbocycles. The number of amides is 2. The van der Waals surface area contributed by atoms with Gasteiger partial charge in [0.25, 0.3) is 5.91 Å². The normalized spacial score (nSPS) is 10.2. The Labute approximate surface area is 169 Å². The number of anilines is 2. The van der Waals surface area contributed by atoms with E-state index in [9.17, 15) is 14.0 Å². The highest BCUT2D eigenvalue weighted by molar-refractivity contribution is 6.00. The van der Waals surface area contributed by atoms with Crippen LogP contribution in [0.15, 0.2) is 78.9 Å². The molecule has 0 radical (unpaired) electrons. The Morgan fingerprint density at radius 2 is 1.52 bits per heavy atom. The van der Waals surface area contributed by atoms with E-state index >= 15 is 0 Å². The van der Waals surface area contributed by atoms with Crippen molar-refractivity contribution in [2.75, 3.05) is 23.7 Å². The van der Waals surface area contributed by atoms with E-state index in [4.69, 9.17) is 0 Å². The lowest BCUT2D eigenvalue weighted by Gasteiger charge is -2.12. The number of rotatable bonds is 8. The lowest BCUT2D eigenvalue weighted by atomic mass is 10.1. The van der Waals surface area contributed by atoms with Crippen molar-refractivity contribution in [3.05, 3.63) is 95.8 Å². The van der Waals surface area contributed by atoms with Gasteiger partial charge in [-0.1, -0.05) is 42.5 Å². The monoisotopic (exact) mass is 391 g/mol. The van der Waals surface area contributed by atoms with Crippen LogP contribution in [0.3, 0.4) is 0 Å². The molecule has 3 N–H and O–H groups in total. The molecule has 0 saturated heterocycles. The Morgan fingerprint density at radius 1 is 0.828 bits per heavy atom. The van der Waals surface area contributed by atoms with E-state index < -0.39 is 0 Å². The SMILES string of the molecule is O=C(CNc1ccccc1C(=O)NCCc1ccccc1)Nc1ccc(F)cc1. The summed E-state index contributed by atoms with van der Waals surface area (Å²) in [5.74, 6) is -0.868. The molecule has 0 atom stereocenters. The molecular weight excluding hydrogens is 369 g/mol. The van der Waals surface area contributed by atoms with E-state index in [1.54, 1.807) is 24.3 Å². The average molecular weight is 391 g/mol. The second-order valence-corrected chi connectivity index (χ2v) is 6.45. The molecule has 0 aliphatic carbocycles. The van der Waals surface area contributed by atoms with Crippen LogP contribution in [0.4, 0.5) is 15.8 Å². The maximum Gasteiger partial charge on any atom is 0.253 e. The molecule has 0 fully saturated rings. The fourth-order valence-electron chi connectivity index (χ4n) is 2.81. The molecule has 148 valence electrons. The van der Waals surface area contributed by atoms with Crippen molar-refractivity contribution >= 4 is 23.2 Å². The molecule has 29 heavy (non-hydrogen) atoms. The van der Waals surface area contributed by atoms with Gasteiger partial charge in [-0.2, -0.15) is 0 Å². The average Bonchev–Trinajstić information content (AvgIpc) is 2.75. The molecule has 3 rings (SSSR count). The van der Waals surface area contributed by atoms with Crippen molar-refractivity contribution in [1.82, 2.24) is 5.32 Å². The summed E-state index contributed by atoms with van der Waals surface area (Å²) in [6, 6.07) is 22.5. The van der Waals surface area contributed by atoms with Crippen LogP contribution >= 0.6 is 0 Å². The van der Waals surface area contributed by atoms with Crippen LogP contribution in [0.1, 0.15) is 15.9 Å². The van der Waals surface area contributed by atoms with Crippen LogP contribution in [-0.4, -0.2) is 24.9 Å². The van der Waals surface area contributed by atoms with Gasteiger partial charge in [-0.25, -0.2) is 4.39 Å². The minimum absolute atomic E-state index is 0.0221. The number of para-hydroxylation sites is 1. The first-order valence-electron chi connectivity index (χ1n) is 9.32. The fraction of sp³-hybridized carbons (Fsp3) is 0.130. The highest BCUT2D eigenvalue weighted by Gasteiger charge is 2.11. The van der Waals surface area contributed by atoms with Crippen molar-refractivity contribution in [2.24, 2.45) is 0 Å². The minimum atomic E-state index is -0.367. The molecule has 0 spiro atoms. The van der Waals surface area contributed by atoms with Crippen LogP contribution in [0.25, 0.3) is 0 Å². The topological polar surface area (TPSA) is 70.2 Å². The number of carbonyl (C=O) groups excluding carboxylic acids is 2. The van der Waals surface area contributed by atoms with E-state index in [1.165, 1.54) is 24.3 Å². The third kappa shape index (κ3) is 6.17. The number of benzene rings is 3. The van der Waals surface area contributed by atoms with E-state index in [0.29, 0.717) is 23.5 Å². The quantitative estimate of drug-likeness (QED) is 0.546. The van der Waals surface area contributed by atoms with Crippen LogP contribution in [-0.2, 0) is 11.2 Å². The molecule has 0 saturated carbocycles. The number of hydrogen-bond acceptors (Lipinski definition) is 3. The number of nitrogens with one attached hydrogen (secondary N) is 3. The number of carbonyl (C=O) groups is 2. The second-order valence-electron chi connectivity index (χ2n) is 6.45. The Kier molecular flexibility index (Phi) is 6.95. The molecule has 0 bridgehead atoms. The molecule has 0 aliphatic heterocycles. The predicted octanol–water partition coefficient (Wildman–Crippen LogP) is 3.85. The molecule has 3 aromatic rings. The maximum absolute atomic E-state index is 12.9. The highest BCUT2D eigenvalue weighted by atomic mass is 19.1. The molecule has 0 unspecified atom stereocenters. The Bertz CT molecular complexity index is 959. The summed E-state index contributed by atoms with van der Waals surface area (Å²) in [5.41, 5.74) is 2.69. The molecule has 6 heteroatoms. The van der Waals surface area contributed by atoms with Gasteiger partial charge in [-0.05, 0) is 48.4 Å². The second kappa shape index (κ2) is 10.0. The fourth-order valence-corrected chi connectivity index (χ4v) is 2.81. The first-order chi connectivity index (χ1) is 14.1. The molecule has 5 nitrogen and oxygen atoms in total. The van der Waals surface area contributed by atoms with Gasteiger partial charge >= 0.3 is 0 Å². The summed E-state index contributed by atoms with van der Waals surface area (Å²) in [7, 11) is 0. The number of hydrogen-bond donors (Lipinski definition) is 3. The zero-order chi connectivity index (χ0) is 20.5. The largest absolute Gasteiger partial charge is 0.376 e. The summed E-state index contributed by atoms with van der Waals surface area (Å²) in [6.07, 6.45) is 0.738. The van der Waals surface area contributed by atoms with E-state index in [-0.39, 0.29) is 24.2 Å². The van der Waals surface area contributed by atoms with E-state index in [0.717, 1.165) is 12.0 Å². The Hall–Kier alpha value is -3.67. The zero-order valence-corrected chi connectivity index (χ0v) is 15.8. The van der Waals surface area contributed by atoms with E-state index in [1.807, 2.05) is 30.3 Å². The lowest BCUT2D eigenvalue weighted by Crippen LogP contribution is -2.28. The van der Waals surface area contributed by atoms with Gasteiger partial charge in [0.05, 0.1) is 12.1 Å². The van der Waals surface area contributed by atoms with Crippen LogP contribution < -0.4 is 16.0 Å². The minimum Gasteiger partial charge on any atom is -0.376 e. The first-order valence-corrected chi connectivity index (χ1v) is 9.32. The van der Waals surface area contributed by atoms with Crippen molar-refractivity contribution < 1.29 is 14.0 Å².